The van der Waals surface area contributed by atoms with Crippen LogP contribution >= 0.6 is 0 Å². The van der Waals surface area contributed by atoms with Gasteiger partial charge in [0.2, 0.25) is 5.56 Å². The van der Waals surface area contributed by atoms with E-state index in [-0.39, 0.29) is 11.5 Å². The van der Waals surface area contributed by atoms with Crippen molar-refractivity contribution in [3.63, 3.8) is 0 Å². The van der Waals surface area contributed by atoms with Gasteiger partial charge in [-0.1, -0.05) is 38.1 Å². The molecule has 0 saturated carbocycles. The Bertz CT molecular complexity index is 637. The Kier molecular flexibility index (Phi) is 4.93. The van der Waals surface area contributed by atoms with Gasteiger partial charge in [-0.15, -0.1) is 0 Å². The van der Waals surface area contributed by atoms with Crippen LogP contribution in [-0.2, 0) is 6.42 Å². The normalized spacial score (nSPS) is 10.6. The van der Waals surface area contributed by atoms with Gasteiger partial charge in [0.25, 0.3) is 5.91 Å². The van der Waals surface area contributed by atoms with Crippen molar-refractivity contribution in [1.82, 2.24) is 10.3 Å². The predicted molar refractivity (Wildman–Crippen MR) is 83.6 cm³/mol. The number of H-pyrrole nitrogens is 1. The minimum absolute atomic E-state index is 0.176. The molecule has 0 atom stereocenters. The maximum Gasteiger partial charge on any atom is 0.252 e. The van der Waals surface area contributed by atoms with Crippen LogP contribution in [0.5, 0.6) is 0 Å². The van der Waals surface area contributed by atoms with E-state index in [1.165, 1.54) is 29.5 Å². The Hall–Kier alpha value is -2.36. The predicted octanol–water partition coefficient (Wildman–Crippen LogP) is 2.47. The number of nitrogens with one attached hydrogen (secondary N) is 2. The largest absolute Gasteiger partial charge is 0.352 e. The number of carbonyl (C=O) groups is 1. The van der Waals surface area contributed by atoms with Crippen LogP contribution in [0, 0.1) is 0 Å². The van der Waals surface area contributed by atoms with E-state index >= 15 is 0 Å². The molecule has 4 nitrogen and oxygen atoms in total. The molecule has 1 amide bonds. The maximum absolute atomic E-state index is 11.9. The van der Waals surface area contributed by atoms with Gasteiger partial charge in [-0.25, -0.2) is 0 Å². The number of rotatable bonds is 5. The van der Waals surface area contributed by atoms with Crippen LogP contribution in [-0.4, -0.2) is 17.4 Å². The number of benzene rings is 1. The molecule has 0 aliphatic rings. The van der Waals surface area contributed by atoms with Crippen molar-refractivity contribution < 1.29 is 4.79 Å². The third-order valence-electron chi connectivity index (χ3n) is 3.39. The average molecular weight is 284 g/mol. The highest BCUT2D eigenvalue weighted by molar-refractivity contribution is 5.93. The molecule has 0 aliphatic carbocycles. The van der Waals surface area contributed by atoms with Crippen molar-refractivity contribution >= 4 is 5.91 Å². The lowest BCUT2D eigenvalue weighted by atomic mass is 10.0. The molecule has 1 aromatic carbocycles. The van der Waals surface area contributed by atoms with Gasteiger partial charge in [0, 0.05) is 18.8 Å². The fourth-order valence-electron chi connectivity index (χ4n) is 2.04. The zero-order valence-electron chi connectivity index (χ0n) is 12.3. The second-order valence-electron chi connectivity index (χ2n) is 5.34. The molecule has 0 spiro atoms. The Morgan fingerprint density at radius 2 is 1.86 bits per heavy atom. The fraction of sp³-hybridized carbons (Fsp3) is 0.294. The summed E-state index contributed by atoms with van der Waals surface area (Å²) in [6.45, 7) is 4.90. The summed E-state index contributed by atoms with van der Waals surface area (Å²) in [5.74, 6) is 0.351. The van der Waals surface area contributed by atoms with E-state index in [0.29, 0.717) is 18.0 Å². The number of aromatic amines is 1. The highest BCUT2D eigenvalue weighted by Crippen LogP contribution is 2.14. The van der Waals surface area contributed by atoms with E-state index in [4.69, 9.17) is 0 Å². The third kappa shape index (κ3) is 4.31. The van der Waals surface area contributed by atoms with E-state index in [1.807, 2.05) is 0 Å². The van der Waals surface area contributed by atoms with E-state index in [2.05, 4.69) is 48.4 Å². The lowest BCUT2D eigenvalue weighted by molar-refractivity contribution is 0.0953. The smallest absolute Gasteiger partial charge is 0.252 e. The number of aromatic nitrogens is 1. The van der Waals surface area contributed by atoms with E-state index < -0.39 is 0 Å². The van der Waals surface area contributed by atoms with Crippen LogP contribution in [0.2, 0.25) is 0 Å². The SMILES string of the molecule is CC(C)c1ccc(CCNC(=O)c2ccc(=O)[nH]c2)cc1. The van der Waals surface area contributed by atoms with Gasteiger partial charge >= 0.3 is 0 Å². The molecule has 0 saturated heterocycles. The second-order valence-corrected chi connectivity index (χ2v) is 5.34. The number of carbonyl (C=O) groups excluding carboxylic acids is 1. The van der Waals surface area contributed by atoms with Gasteiger partial charge < -0.3 is 10.3 Å². The van der Waals surface area contributed by atoms with E-state index in [9.17, 15) is 9.59 Å². The van der Waals surface area contributed by atoms with Crippen LogP contribution in [0.4, 0.5) is 0 Å². The first kappa shape index (κ1) is 15.0. The van der Waals surface area contributed by atoms with Gasteiger partial charge in [0.05, 0.1) is 5.56 Å². The van der Waals surface area contributed by atoms with Crippen LogP contribution in [0.3, 0.4) is 0 Å². The summed E-state index contributed by atoms with van der Waals surface area (Å²) in [4.78, 5) is 25.3. The Balaban J connectivity index is 1.85. The molecule has 110 valence electrons. The number of amides is 1. The summed E-state index contributed by atoms with van der Waals surface area (Å²) >= 11 is 0. The van der Waals surface area contributed by atoms with Crippen molar-refractivity contribution in [2.24, 2.45) is 0 Å². The lowest BCUT2D eigenvalue weighted by Crippen LogP contribution is -2.26. The lowest BCUT2D eigenvalue weighted by Gasteiger charge is -2.08. The molecule has 0 bridgehead atoms. The standard InChI is InChI=1S/C17H20N2O2/c1-12(2)14-5-3-13(4-6-14)9-10-18-17(21)15-7-8-16(20)19-11-15/h3-8,11-12H,9-10H2,1-2H3,(H,18,21)(H,19,20). The third-order valence-corrected chi connectivity index (χ3v) is 3.39. The molecule has 0 radical (unpaired) electrons. The molecule has 0 fully saturated rings. The monoisotopic (exact) mass is 284 g/mol. The van der Waals surface area contributed by atoms with Gasteiger partial charge in [-0.2, -0.15) is 0 Å². The number of pyridine rings is 1. The highest BCUT2D eigenvalue weighted by atomic mass is 16.1. The topological polar surface area (TPSA) is 62.0 Å². The molecule has 21 heavy (non-hydrogen) atoms. The van der Waals surface area contributed by atoms with Crippen LogP contribution in [0.15, 0.2) is 47.4 Å². The summed E-state index contributed by atoms with van der Waals surface area (Å²) in [6.07, 6.45) is 2.21. The van der Waals surface area contributed by atoms with E-state index in [0.717, 1.165) is 6.42 Å². The number of hydrogen-bond acceptors (Lipinski definition) is 2. The van der Waals surface area contributed by atoms with Crippen molar-refractivity contribution in [1.29, 1.82) is 0 Å². The molecule has 1 aromatic heterocycles. The summed E-state index contributed by atoms with van der Waals surface area (Å²) in [5, 5.41) is 2.84. The molecular formula is C17H20N2O2. The summed E-state index contributed by atoms with van der Waals surface area (Å²) < 4.78 is 0. The Morgan fingerprint density at radius 3 is 2.43 bits per heavy atom. The molecule has 0 aliphatic heterocycles. The Labute approximate surface area is 124 Å². The van der Waals surface area contributed by atoms with Gasteiger partial charge in [-0.3, -0.25) is 9.59 Å². The van der Waals surface area contributed by atoms with Gasteiger partial charge in [0.15, 0.2) is 0 Å². The average Bonchev–Trinajstić information content (AvgIpc) is 2.48. The first-order valence-electron chi connectivity index (χ1n) is 7.12. The summed E-state index contributed by atoms with van der Waals surface area (Å²) in [7, 11) is 0. The molecule has 2 rings (SSSR count). The molecular weight excluding hydrogens is 264 g/mol. The quantitative estimate of drug-likeness (QED) is 0.886. The molecule has 4 heteroatoms. The first-order valence-corrected chi connectivity index (χ1v) is 7.12. The first-order chi connectivity index (χ1) is 10.1. The van der Waals surface area contributed by atoms with Crippen molar-refractivity contribution in [3.05, 3.63) is 69.6 Å². The minimum Gasteiger partial charge on any atom is -0.352 e. The Morgan fingerprint density at radius 1 is 1.14 bits per heavy atom. The van der Waals surface area contributed by atoms with Crippen molar-refractivity contribution in [2.75, 3.05) is 6.54 Å². The van der Waals surface area contributed by atoms with Crippen LogP contribution < -0.4 is 10.9 Å². The van der Waals surface area contributed by atoms with Crippen LogP contribution in [0.1, 0.15) is 41.3 Å². The van der Waals surface area contributed by atoms with Gasteiger partial charge in [0.1, 0.15) is 0 Å². The minimum atomic E-state index is -0.211. The molecule has 2 N–H and O–H groups in total. The zero-order valence-corrected chi connectivity index (χ0v) is 12.3. The van der Waals surface area contributed by atoms with Gasteiger partial charge in [-0.05, 0) is 29.5 Å². The van der Waals surface area contributed by atoms with Crippen LogP contribution in [0.25, 0.3) is 0 Å². The van der Waals surface area contributed by atoms with E-state index in [1.54, 1.807) is 0 Å². The summed E-state index contributed by atoms with van der Waals surface area (Å²) in [5.41, 5.74) is 2.76. The van der Waals surface area contributed by atoms with Crippen molar-refractivity contribution in [3.8, 4) is 0 Å². The summed E-state index contributed by atoms with van der Waals surface area (Å²) in [6, 6.07) is 11.3. The van der Waals surface area contributed by atoms with Crippen molar-refractivity contribution in [2.45, 2.75) is 26.2 Å². The molecule has 0 unspecified atom stereocenters. The second kappa shape index (κ2) is 6.88. The molecule has 1 heterocycles. The fourth-order valence-corrected chi connectivity index (χ4v) is 2.04. The molecule has 2 aromatic rings. The zero-order chi connectivity index (χ0) is 15.2. The number of hydrogen-bond donors (Lipinski definition) is 2. The highest BCUT2D eigenvalue weighted by Gasteiger charge is 2.04. The maximum atomic E-state index is 11.9.